The highest BCUT2D eigenvalue weighted by Crippen LogP contribution is 2.48. The Bertz CT molecular complexity index is 911. The van der Waals surface area contributed by atoms with E-state index in [4.69, 9.17) is 13.9 Å². The molecule has 2 aromatic carbocycles. The van der Waals surface area contributed by atoms with E-state index in [1.807, 2.05) is 0 Å². The summed E-state index contributed by atoms with van der Waals surface area (Å²) in [6.07, 6.45) is 4.18. The van der Waals surface area contributed by atoms with Crippen LogP contribution in [0.4, 0.5) is 0 Å². The van der Waals surface area contributed by atoms with Crippen molar-refractivity contribution in [1.29, 1.82) is 0 Å². The van der Waals surface area contributed by atoms with Gasteiger partial charge in [-0.15, -0.1) is 0 Å². The fraction of sp³-hybridized carbons (Fsp3) is 0.444. The largest absolute Gasteiger partial charge is 0.462 e. The van der Waals surface area contributed by atoms with Crippen molar-refractivity contribution in [3.05, 3.63) is 73.0 Å². The first-order chi connectivity index (χ1) is 15.2. The van der Waals surface area contributed by atoms with Crippen molar-refractivity contribution in [2.75, 3.05) is 0 Å². The summed E-state index contributed by atoms with van der Waals surface area (Å²) < 4.78 is 18.7. The molecular weight excluding hydrogens is 416 g/mol. The Balaban J connectivity index is 1.78. The van der Waals surface area contributed by atoms with Gasteiger partial charge in [-0.3, -0.25) is 4.79 Å². The van der Waals surface area contributed by atoms with Crippen LogP contribution < -0.4 is 10.4 Å². The molecule has 1 saturated carbocycles. The number of carbonyl (C=O) groups excluding carboxylic acids is 1. The number of carbonyl (C=O) groups is 1. The van der Waals surface area contributed by atoms with E-state index in [0.29, 0.717) is 5.92 Å². The molecule has 0 saturated heterocycles. The summed E-state index contributed by atoms with van der Waals surface area (Å²) in [4.78, 5) is 11.7. The van der Waals surface area contributed by atoms with Crippen molar-refractivity contribution < 1.29 is 18.7 Å². The van der Waals surface area contributed by atoms with Crippen LogP contribution >= 0.6 is 0 Å². The van der Waals surface area contributed by atoms with E-state index in [1.165, 1.54) is 17.3 Å². The molecule has 0 radical (unpaired) electrons. The van der Waals surface area contributed by atoms with Crippen LogP contribution in [0.1, 0.15) is 41.0 Å². The van der Waals surface area contributed by atoms with E-state index in [-0.39, 0.29) is 28.9 Å². The molecule has 1 aliphatic carbocycles. The Morgan fingerprint density at radius 2 is 1.56 bits per heavy atom. The van der Waals surface area contributed by atoms with Gasteiger partial charge in [0.25, 0.3) is 8.32 Å². The van der Waals surface area contributed by atoms with E-state index >= 15 is 0 Å². The first-order valence-corrected chi connectivity index (χ1v) is 13.4. The average molecular weight is 451 g/mol. The van der Waals surface area contributed by atoms with Crippen LogP contribution in [0.2, 0.25) is 5.04 Å². The van der Waals surface area contributed by atoms with Gasteiger partial charge < -0.3 is 13.9 Å². The van der Waals surface area contributed by atoms with E-state index in [9.17, 15) is 4.79 Å². The quantitative estimate of drug-likeness (QED) is 0.492. The van der Waals surface area contributed by atoms with Gasteiger partial charge >= 0.3 is 5.97 Å². The summed E-state index contributed by atoms with van der Waals surface area (Å²) in [5.74, 6) is 0.238. The molecule has 0 amide bonds. The van der Waals surface area contributed by atoms with Crippen LogP contribution in [-0.4, -0.2) is 26.7 Å². The molecule has 32 heavy (non-hydrogen) atoms. The van der Waals surface area contributed by atoms with Gasteiger partial charge in [0, 0.05) is 18.8 Å². The third-order valence-electron chi connectivity index (χ3n) is 6.99. The maximum absolute atomic E-state index is 11.7. The minimum Gasteiger partial charge on any atom is -0.462 e. The standard InChI is InChI=1S/C27H34O4Si/c1-19-18-24(23-16-17-29-26(25(19)23)30-20(2)28)31-32(27(3,4)5,21-12-8-6-9-13-21)22-14-10-7-11-15-22/h6-17,19,23-26H,18H2,1-5H3/t19-,23-,24-,25+,26-/m0/s1. The van der Waals surface area contributed by atoms with Crippen molar-refractivity contribution in [2.45, 2.75) is 58.5 Å². The zero-order valence-corrected chi connectivity index (χ0v) is 20.7. The lowest BCUT2D eigenvalue weighted by Gasteiger charge is -2.46. The molecule has 1 aliphatic heterocycles. The second kappa shape index (κ2) is 8.87. The zero-order valence-electron chi connectivity index (χ0n) is 19.7. The summed E-state index contributed by atoms with van der Waals surface area (Å²) in [7, 11) is -2.66. The molecular formula is C27H34O4Si. The Morgan fingerprint density at radius 3 is 2.06 bits per heavy atom. The topological polar surface area (TPSA) is 44.8 Å². The fourth-order valence-corrected chi connectivity index (χ4v) is 10.4. The average Bonchev–Trinajstić information content (AvgIpc) is 3.08. The number of hydrogen-bond donors (Lipinski definition) is 0. The monoisotopic (exact) mass is 450 g/mol. The summed E-state index contributed by atoms with van der Waals surface area (Å²) >= 11 is 0. The molecule has 2 aromatic rings. The predicted octanol–water partition coefficient (Wildman–Crippen LogP) is 4.64. The Morgan fingerprint density at radius 1 is 1.00 bits per heavy atom. The first-order valence-electron chi connectivity index (χ1n) is 11.5. The van der Waals surface area contributed by atoms with Crippen LogP contribution in [0, 0.1) is 17.8 Å². The van der Waals surface area contributed by atoms with Gasteiger partial charge in [0.15, 0.2) is 0 Å². The van der Waals surface area contributed by atoms with Gasteiger partial charge in [-0.2, -0.15) is 0 Å². The second-order valence-corrected chi connectivity index (χ2v) is 14.4. The van der Waals surface area contributed by atoms with Crippen molar-refractivity contribution in [3.63, 3.8) is 0 Å². The van der Waals surface area contributed by atoms with Crippen molar-refractivity contribution >= 4 is 24.7 Å². The predicted molar refractivity (Wildman–Crippen MR) is 129 cm³/mol. The Labute approximate surface area is 192 Å². The summed E-state index contributed by atoms with van der Waals surface area (Å²) in [6, 6.07) is 21.5. The molecule has 0 aromatic heterocycles. The number of benzene rings is 2. The highest BCUT2D eigenvalue weighted by molar-refractivity contribution is 6.99. The van der Waals surface area contributed by atoms with Crippen LogP contribution in [0.15, 0.2) is 73.0 Å². The summed E-state index contributed by atoms with van der Waals surface area (Å²) in [6.45, 7) is 10.6. The summed E-state index contributed by atoms with van der Waals surface area (Å²) in [5, 5.41) is 2.48. The molecule has 0 N–H and O–H groups in total. The second-order valence-electron chi connectivity index (χ2n) is 10.1. The lowest BCUT2D eigenvalue weighted by molar-refractivity contribution is -0.185. The molecule has 5 heteroatoms. The van der Waals surface area contributed by atoms with Gasteiger partial charge in [-0.25, -0.2) is 0 Å². The van der Waals surface area contributed by atoms with Crippen LogP contribution in [-0.2, 0) is 18.7 Å². The van der Waals surface area contributed by atoms with Crippen molar-refractivity contribution in [2.24, 2.45) is 17.8 Å². The molecule has 4 rings (SSSR count). The third-order valence-corrected chi connectivity index (χ3v) is 12.1. The van der Waals surface area contributed by atoms with Crippen LogP contribution in [0.3, 0.4) is 0 Å². The van der Waals surface area contributed by atoms with E-state index in [0.717, 1.165) is 6.42 Å². The number of esters is 1. The van der Waals surface area contributed by atoms with Gasteiger partial charge in [-0.1, -0.05) is 88.4 Å². The molecule has 1 fully saturated rings. The minimum atomic E-state index is -2.66. The highest BCUT2D eigenvalue weighted by atomic mass is 28.4. The maximum atomic E-state index is 11.7. The molecule has 0 unspecified atom stereocenters. The molecule has 5 atom stereocenters. The number of ether oxygens (including phenoxy) is 2. The lowest BCUT2D eigenvalue weighted by Crippen LogP contribution is -2.68. The SMILES string of the molecule is CC(=O)O[C@@H]1OC=C[C@@H]2[C@H]1[C@@H](C)C[C@@H]2O[Si](c1ccccc1)(c1ccccc1)C(C)(C)C. The number of fused-ring (bicyclic) bond motifs is 1. The number of hydrogen-bond acceptors (Lipinski definition) is 4. The van der Waals surface area contributed by atoms with Gasteiger partial charge in [0.2, 0.25) is 6.29 Å². The van der Waals surface area contributed by atoms with E-state index < -0.39 is 14.6 Å². The van der Waals surface area contributed by atoms with Crippen molar-refractivity contribution in [3.8, 4) is 0 Å². The Kier molecular flexibility index (Phi) is 6.32. The van der Waals surface area contributed by atoms with Gasteiger partial charge in [0.05, 0.1) is 12.4 Å². The maximum Gasteiger partial charge on any atom is 0.305 e. The van der Waals surface area contributed by atoms with Crippen LogP contribution in [0.25, 0.3) is 0 Å². The molecule has 170 valence electrons. The summed E-state index contributed by atoms with van der Waals surface area (Å²) in [5.41, 5.74) is 0. The first kappa shape index (κ1) is 22.8. The molecule has 2 aliphatic rings. The van der Waals surface area contributed by atoms with Crippen molar-refractivity contribution in [1.82, 2.24) is 0 Å². The smallest absolute Gasteiger partial charge is 0.305 e. The van der Waals surface area contributed by atoms with Crippen LogP contribution in [0.5, 0.6) is 0 Å². The van der Waals surface area contributed by atoms with Gasteiger partial charge in [-0.05, 0) is 33.8 Å². The van der Waals surface area contributed by atoms with E-state index in [2.05, 4.69) is 94.4 Å². The molecule has 0 bridgehead atoms. The number of rotatable bonds is 5. The molecule has 4 nitrogen and oxygen atoms in total. The van der Waals surface area contributed by atoms with Gasteiger partial charge in [0.1, 0.15) is 0 Å². The molecule has 1 heterocycles. The zero-order chi connectivity index (χ0) is 22.9. The minimum absolute atomic E-state index is 0.0273. The molecule has 0 spiro atoms. The third kappa shape index (κ3) is 4.04. The lowest BCUT2D eigenvalue weighted by atomic mass is 9.88. The Hall–Kier alpha value is -2.37. The van der Waals surface area contributed by atoms with E-state index in [1.54, 1.807) is 6.26 Å². The highest BCUT2D eigenvalue weighted by Gasteiger charge is 2.56. The fourth-order valence-electron chi connectivity index (χ4n) is 5.63. The normalized spacial score (nSPS) is 27.5.